The van der Waals surface area contributed by atoms with E-state index in [4.69, 9.17) is 4.74 Å². The van der Waals surface area contributed by atoms with Crippen LogP contribution in [0.25, 0.3) is 0 Å². The maximum Gasteiger partial charge on any atom is 0.307 e. The van der Waals surface area contributed by atoms with E-state index in [9.17, 15) is 9.90 Å². The number of carbonyl (C=O) groups excluding carboxylic acids is 1. The molecule has 0 aliphatic rings. The van der Waals surface area contributed by atoms with Crippen LogP contribution in [0.3, 0.4) is 0 Å². The van der Waals surface area contributed by atoms with Crippen molar-refractivity contribution in [2.75, 3.05) is 7.11 Å². The molecule has 2 atom stereocenters. The number of benzene rings is 1. The fourth-order valence-corrected chi connectivity index (χ4v) is 2.25. The first kappa shape index (κ1) is 16.7. The summed E-state index contributed by atoms with van der Waals surface area (Å²) in [6, 6.07) is 5.77. The van der Waals surface area contributed by atoms with Crippen LogP contribution in [0.15, 0.2) is 18.2 Å². The maximum absolute atomic E-state index is 11.5. The smallest absolute Gasteiger partial charge is 0.307 e. The molecule has 0 saturated heterocycles. The van der Waals surface area contributed by atoms with Gasteiger partial charge in [-0.05, 0) is 25.0 Å². The lowest BCUT2D eigenvalue weighted by molar-refractivity contribution is -0.142. The Labute approximate surface area is 121 Å². The molecule has 0 saturated carbocycles. The molecule has 2 unspecified atom stereocenters. The summed E-state index contributed by atoms with van der Waals surface area (Å²) in [6.45, 7) is 7.92. The first-order chi connectivity index (χ1) is 9.35. The molecule has 0 spiro atoms. The molecule has 20 heavy (non-hydrogen) atoms. The van der Waals surface area contributed by atoms with Gasteiger partial charge < -0.3 is 15.2 Å². The molecule has 1 aromatic carbocycles. The number of aliphatic hydroxyl groups excluding tert-OH is 1. The summed E-state index contributed by atoms with van der Waals surface area (Å²) < 4.78 is 4.71. The highest BCUT2D eigenvalue weighted by Gasteiger charge is 2.25. The maximum atomic E-state index is 11.5. The summed E-state index contributed by atoms with van der Waals surface area (Å²) in [7, 11) is 1.36. The van der Waals surface area contributed by atoms with Crippen molar-refractivity contribution >= 4 is 5.97 Å². The summed E-state index contributed by atoms with van der Waals surface area (Å²) in [5.41, 5.74) is 2.96. The third-order valence-corrected chi connectivity index (χ3v) is 3.30. The fourth-order valence-electron chi connectivity index (χ4n) is 2.25. The highest BCUT2D eigenvalue weighted by Crippen LogP contribution is 2.24. The van der Waals surface area contributed by atoms with Gasteiger partial charge in [-0.1, -0.05) is 37.6 Å². The summed E-state index contributed by atoms with van der Waals surface area (Å²) in [5.74, 6) is -0.326. The number of hydrogen-bond acceptors (Lipinski definition) is 4. The van der Waals surface area contributed by atoms with Crippen LogP contribution in [0.5, 0.6) is 0 Å². The van der Waals surface area contributed by atoms with Gasteiger partial charge in [0.1, 0.15) is 0 Å². The van der Waals surface area contributed by atoms with Crippen molar-refractivity contribution in [3.05, 3.63) is 34.9 Å². The Morgan fingerprint density at radius 1 is 1.35 bits per heavy atom. The van der Waals surface area contributed by atoms with Crippen molar-refractivity contribution in [3.63, 3.8) is 0 Å². The van der Waals surface area contributed by atoms with Crippen LogP contribution in [0.4, 0.5) is 0 Å². The van der Waals surface area contributed by atoms with Gasteiger partial charge in [-0.15, -0.1) is 0 Å². The van der Waals surface area contributed by atoms with Crippen LogP contribution in [-0.4, -0.2) is 30.3 Å². The molecule has 4 heteroatoms. The minimum absolute atomic E-state index is 0.142. The van der Waals surface area contributed by atoms with Crippen LogP contribution in [-0.2, 0) is 9.53 Å². The second-order valence-corrected chi connectivity index (χ2v) is 5.51. The summed E-state index contributed by atoms with van der Waals surface area (Å²) in [5, 5.41) is 13.8. The van der Waals surface area contributed by atoms with Crippen molar-refractivity contribution in [2.45, 2.75) is 52.3 Å². The first-order valence-electron chi connectivity index (χ1n) is 6.93. The van der Waals surface area contributed by atoms with Crippen molar-refractivity contribution in [1.82, 2.24) is 5.32 Å². The molecule has 0 aliphatic carbocycles. The quantitative estimate of drug-likeness (QED) is 0.784. The number of hydrogen-bond donors (Lipinski definition) is 2. The Bertz CT molecular complexity index is 457. The molecule has 112 valence electrons. The van der Waals surface area contributed by atoms with E-state index < -0.39 is 6.10 Å². The molecular formula is C16H25NO3. The minimum Gasteiger partial charge on any atom is -0.469 e. The number of rotatable bonds is 6. The number of methoxy groups -OCH3 is 1. The summed E-state index contributed by atoms with van der Waals surface area (Å²) >= 11 is 0. The second kappa shape index (κ2) is 7.41. The Kier molecular flexibility index (Phi) is 6.17. The monoisotopic (exact) mass is 279 g/mol. The molecule has 2 N–H and O–H groups in total. The number of aliphatic hydroxyl groups is 1. The lowest BCUT2D eigenvalue weighted by Gasteiger charge is -2.27. The third kappa shape index (κ3) is 4.62. The van der Waals surface area contributed by atoms with E-state index in [2.05, 4.69) is 5.32 Å². The number of ether oxygens (including phenoxy) is 1. The van der Waals surface area contributed by atoms with Crippen LogP contribution in [0, 0.1) is 13.8 Å². The van der Waals surface area contributed by atoms with Gasteiger partial charge in [-0.3, -0.25) is 4.79 Å². The average molecular weight is 279 g/mol. The van der Waals surface area contributed by atoms with Gasteiger partial charge in [0.05, 0.1) is 19.6 Å². The fraction of sp³-hybridized carbons (Fsp3) is 0.562. The summed E-state index contributed by atoms with van der Waals surface area (Å²) in [4.78, 5) is 11.5. The molecule has 0 amide bonds. The van der Waals surface area contributed by atoms with Gasteiger partial charge in [0.2, 0.25) is 0 Å². The second-order valence-electron chi connectivity index (χ2n) is 5.51. The van der Waals surface area contributed by atoms with Crippen LogP contribution >= 0.6 is 0 Å². The van der Waals surface area contributed by atoms with E-state index in [0.717, 1.165) is 16.7 Å². The SMILES string of the molecule is COC(=O)CC(NC(C)C)C(O)c1cc(C)ccc1C. The predicted octanol–water partition coefficient (Wildman–Crippen LogP) is 2.27. The van der Waals surface area contributed by atoms with E-state index in [1.54, 1.807) is 0 Å². The molecule has 0 bridgehead atoms. The van der Waals surface area contributed by atoms with Crippen LogP contribution in [0.2, 0.25) is 0 Å². The number of nitrogens with one attached hydrogen (secondary N) is 1. The Balaban J connectivity index is 2.99. The first-order valence-corrected chi connectivity index (χ1v) is 6.93. The van der Waals surface area contributed by atoms with Gasteiger partial charge in [0.25, 0.3) is 0 Å². The lowest BCUT2D eigenvalue weighted by Crippen LogP contribution is -2.41. The molecule has 0 fully saturated rings. The largest absolute Gasteiger partial charge is 0.469 e. The highest BCUT2D eigenvalue weighted by molar-refractivity contribution is 5.70. The van der Waals surface area contributed by atoms with E-state index in [1.807, 2.05) is 45.9 Å². The van der Waals surface area contributed by atoms with E-state index in [-0.39, 0.29) is 24.5 Å². The molecule has 1 aromatic rings. The third-order valence-electron chi connectivity index (χ3n) is 3.30. The van der Waals surface area contributed by atoms with Crippen molar-refractivity contribution in [3.8, 4) is 0 Å². The molecular weight excluding hydrogens is 254 g/mol. The molecule has 0 heterocycles. The van der Waals surface area contributed by atoms with Gasteiger partial charge >= 0.3 is 5.97 Å². The van der Waals surface area contributed by atoms with Crippen molar-refractivity contribution in [1.29, 1.82) is 0 Å². The van der Waals surface area contributed by atoms with E-state index in [1.165, 1.54) is 7.11 Å². The van der Waals surface area contributed by atoms with Crippen molar-refractivity contribution < 1.29 is 14.6 Å². The molecule has 0 aromatic heterocycles. The van der Waals surface area contributed by atoms with Gasteiger partial charge in [-0.25, -0.2) is 0 Å². The average Bonchev–Trinajstić information content (AvgIpc) is 2.39. The van der Waals surface area contributed by atoms with Gasteiger partial charge in [0, 0.05) is 12.1 Å². The van der Waals surface area contributed by atoms with Crippen LogP contribution < -0.4 is 5.32 Å². The molecule has 1 rings (SSSR count). The Morgan fingerprint density at radius 2 is 2.00 bits per heavy atom. The lowest BCUT2D eigenvalue weighted by atomic mass is 9.94. The molecule has 4 nitrogen and oxygen atoms in total. The van der Waals surface area contributed by atoms with E-state index in [0.29, 0.717) is 0 Å². The highest BCUT2D eigenvalue weighted by atomic mass is 16.5. The zero-order chi connectivity index (χ0) is 15.3. The summed E-state index contributed by atoms with van der Waals surface area (Å²) in [6.07, 6.45) is -0.597. The Hall–Kier alpha value is -1.39. The Morgan fingerprint density at radius 3 is 2.55 bits per heavy atom. The zero-order valence-electron chi connectivity index (χ0n) is 12.9. The van der Waals surface area contributed by atoms with Gasteiger partial charge in [0.15, 0.2) is 0 Å². The standard InChI is InChI=1S/C16H25NO3/c1-10(2)17-14(9-15(18)20-5)16(19)13-8-11(3)6-7-12(13)4/h6-8,10,14,16-17,19H,9H2,1-5H3. The number of esters is 1. The van der Waals surface area contributed by atoms with Crippen LogP contribution in [0.1, 0.15) is 43.1 Å². The van der Waals surface area contributed by atoms with Crippen molar-refractivity contribution in [2.24, 2.45) is 0 Å². The normalized spacial score (nSPS) is 14.2. The van der Waals surface area contributed by atoms with Gasteiger partial charge in [-0.2, -0.15) is 0 Å². The molecule has 0 radical (unpaired) electrons. The number of aryl methyl sites for hydroxylation is 2. The zero-order valence-corrected chi connectivity index (χ0v) is 12.9. The topological polar surface area (TPSA) is 58.6 Å². The molecule has 0 aliphatic heterocycles. The van der Waals surface area contributed by atoms with E-state index >= 15 is 0 Å². The predicted molar refractivity (Wildman–Crippen MR) is 79.6 cm³/mol. The number of carbonyl (C=O) groups is 1. The minimum atomic E-state index is -0.739.